The van der Waals surface area contributed by atoms with E-state index < -0.39 is 0 Å². The molecule has 2 aromatic carbocycles. The van der Waals surface area contributed by atoms with Crippen molar-refractivity contribution >= 4 is 34.6 Å². The summed E-state index contributed by atoms with van der Waals surface area (Å²) in [5.74, 6) is 0.480. The maximum absolute atomic E-state index is 6.30. The van der Waals surface area contributed by atoms with Crippen molar-refractivity contribution in [3.05, 3.63) is 58.6 Å². The molecular formula is C15H15Cl2N. The normalized spacial score (nSPS) is 10.4. The molecule has 0 amide bonds. The largest absolute Gasteiger partial charge is 0.343 e. The van der Waals surface area contributed by atoms with Crippen LogP contribution in [0.2, 0.25) is 5.02 Å². The summed E-state index contributed by atoms with van der Waals surface area (Å²) in [5, 5.41) is 0.721. The fraction of sp³-hybridized carbons (Fsp3) is 0.200. The van der Waals surface area contributed by atoms with E-state index in [4.69, 9.17) is 23.2 Å². The van der Waals surface area contributed by atoms with Crippen molar-refractivity contribution in [2.24, 2.45) is 0 Å². The minimum absolute atomic E-state index is 0.480. The smallest absolute Gasteiger partial charge is 0.0646 e. The molecule has 2 rings (SSSR count). The summed E-state index contributed by atoms with van der Waals surface area (Å²) in [6.07, 6.45) is 0. The van der Waals surface area contributed by atoms with E-state index >= 15 is 0 Å². The van der Waals surface area contributed by atoms with E-state index in [1.807, 2.05) is 37.4 Å². The van der Waals surface area contributed by atoms with E-state index in [2.05, 4.69) is 24.0 Å². The predicted octanol–water partition coefficient (Wildman–Crippen LogP) is 5.16. The van der Waals surface area contributed by atoms with Gasteiger partial charge in [-0.1, -0.05) is 35.9 Å². The van der Waals surface area contributed by atoms with Crippen molar-refractivity contribution in [1.29, 1.82) is 0 Å². The number of alkyl halides is 1. The first kappa shape index (κ1) is 13.3. The number of rotatable bonds is 3. The minimum atomic E-state index is 0.480. The molecule has 94 valence electrons. The van der Waals surface area contributed by atoms with Gasteiger partial charge in [0.2, 0.25) is 0 Å². The van der Waals surface area contributed by atoms with E-state index in [1.165, 1.54) is 5.56 Å². The Hall–Kier alpha value is -1.18. The number of hydrogen-bond donors (Lipinski definition) is 0. The van der Waals surface area contributed by atoms with Gasteiger partial charge in [-0.15, -0.1) is 11.6 Å². The molecule has 0 fully saturated rings. The standard InChI is InChI=1S/C15H15Cl2N/c1-11-5-3-4-6-14(11)18(2)15-8-7-12(10-16)9-13(15)17/h3-9H,10H2,1-2H3. The molecular weight excluding hydrogens is 265 g/mol. The van der Waals surface area contributed by atoms with Gasteiger partial charge in [0.25, 0.3) is 0 Å². The molecule has 0 saturated heterocycles. The Morgan fingerprint density at radius 3 is 2.39 bits per heavy atom. The molecule has 0 bridgehead atoms. The molecule has 0 unspecified atom stereocenters. The first-order valence-corrected chi connectivity index (χ1v) is 6.68. The van der Waals surface area contributed by atoms with Crippen molar-refractivity contribution in [2.45, 2.75) is 12.8 Å². The highest BCUT2D eigenvalue weighted by Crippen LogP contribution is 2.33. The Kier molecular flexibility index (Phi) is 4.15. The zero-order valence-corrected chi connectivity index (χ0v) is 12.0. The number of nitrogens with zero attached hydrogens (tertiary/aromatic N) is 1. The maximum atomic E-state index is 6.30. The first-order chi connectivity index (χ1) is 8.63. The Balaban J connectivity index is 2.40. The van der Waals surface area contributed by atoms with E-state index in [0.29, 0.717) is 5.88 Å². The topological polar surface area (TPSA) is 3.24 Å². The van der Waals surface area contributed by atoms with Gasteiger partial charge < -0.3 is 4.90 Å². The van der Waals surface area contributed by atoms with Gasteiger partial charge in [0.15, 0.2) is 0 Å². The van der Waals surface area contributed by atoms with E-state index in [-0.39, 0.29) is 0 Å². The quantitative estimate of drug-likeness (QED) is 0.702. The Bertz CT molecular complexity index is 552. The zero-order valence-electron chi connectivity index (χ0n) is 10.5. The molecule has 0 radical (unpaired) electrons. The summed E-state index contributed by atoms with van der Waals surface area (Å²) in [5.41, 5.74) is 4.39. The third kappa shape index (κ3) is 2.63. The lowest BCUT2D eigenvalue weighted by Crippen LogP contribution is -2.11. The van der Waals surface area contributed by atoms with Gasteiger partial charge in [-0.3, -0.25) is 0 Å². The number of halogens is 2. The van der Waals surface area contributed by atoms with Crippen LogP contribution >= 0.6 is 23.2 Å². The lowest BCUT2D eigenvalue weighted by Gasteiger charge is -2.23. The lowest BCUT2D eigenvalue weighted by molar-refractivity contribution is 1.18. The summed E-state index contributed by atoms with van der Waals surface area (Å²) in [6.45, 7) is 2.09. The monoisotopic (exact) mass is 279 g/mol. The van der Waals surface area contributed by atoms with Gasteiger partial charge in [0, 0.05) is 18.6 Å². The number of anilines is 2. The average molecular weight is 280 g/mol. The fourth-order valence-electron chi connectivity index (χ4n) is 1.98. The van der Waals surface area contributed by atoms with Gasteiger partial charge in [0.05, 0.1) is 10.7 Å². The van der Waals surface area contributed by atoms with Crippen LogP contribution in [0.4, 0.5) is 11.4 Å². The van der Waals surface area contributed by atoms with Crippen LogP contribution in [0.3, 0.4) is 0 Å². The van der Waals surface area contributed by atoms with E-state index in [0.717, 1.165) is 22.0 Å². The number of para-hydroxylation sites is 1. The van der Waals surface area contributed by atoms with Crippen molar-refractivity contribution < 1.29 is 0 Å². The molecule has 0 atom stereocenters. The summed E-state index contributed by atoms with van der Waals surface area (Å²) in [4.78, 5) is 2.09. The van der Waals surface area contributed by atoms with Crippen LogP contribution in [0.15, 0.2) is 42.5 Å². The molecule has 0 heterocycles. The molecule has 2 aromatic rings. The van der Waals surface area contributed by atoms with Crippen LogP contribution in [-0.4, -0.2) is 7.05 Å². The highest BCUT2D eigenvalue weighted by atomic mass is 35.5. The summed E-state index contributed by atoms with van der Waals surface area (Å²) in [6, 6.07) is 14.2. The number of hydrogen-bond acceptors (Lipinski definition) is 1. The second-order valence-corrected chi connectivity index (χ2v) is 4.94. The average Bonchev–Trinajstić information content (AvgIpc) is 2.38. The third-order valence-corrected chi connectivity index (χ3v) is 3.62. The Morgan fingerprint density at radius 2 is 1.78 bits per heavy atom. The van der Waals surface area contributed by atoms with Gasteiger partial charge >= 0.3 is 0 Å². The van der Waals surface area contributed by atoms with Crippen molar-refractivity contribution in [1.82, 2.24) is 0 Å². The van der Waals surface area contributed by atoms with Gasteiger partial charge in [0.1, 0.15) is 0 Å². The molecule has 3 heteroatoms. The van der Waals surface area contributed by atoms with Crippen molar-refractivity contribution in [3.63, 3.8) is 0 Å². The molecule has 0 aliphatic carbocycles. The second kappa shape index (κ2) is 5.64. The van der Waals surface area contributed by atoms with Crippen LogP contribution in [0.5, 0.6) is 0 Å². The van der Waals surface area contributed by atoms with Crippen LogP contribution in [0.1, 0.15) is 11.1 Å². The van der Waals surface area contributed by atoms with Crippen LogP contribution < -0.4 is 4.90 Å². The summed E-state index contributed by atoms with van der Waals surface area (Å²) in [7, 11) is 2.02. The molecule has 0 N–H and O–H groups in total. The number of aryl methyl sites for hydroxylation is 1. The predicted molar refractivity (Wildman–Crippen MR) is 80.3 cm³/mol. The molecule has 0 aliphatic heterocycles. The molecule has 0 aromatic heterocycles. The van der Waals surface area contributed by atoms with Gasteiger partial charge in [-0.25, -0.2) is 0 Å². The third-order valence-electron chi connectivity index (χ3n) is 3.00. The Labute approximate surface area is 118 Å². The first-order valence-electron chi connectivity index (χ1n) is 5.77. The molecule has 0 aliphatic rings. The fourth-order valence-corrected chi connectivity index (χ4v) is 2.47. The highest BCUT2D eigenvalue weighted by Gasteiger charge is 2.10. The molecule has 18 heavy (non-hydrogen) atoms. The van der Waals surface area contributed by atoms with Gasteiger partial charge in [-0.05, 0) is 36.2 Å². The summed E-state index contributed by atoms with van der Waals surface area (Å²) >= 11 is 12.1. The minimum Gasteiger partial charge on any atom is -0.343 e. The van der Waals surface area contributed by atoms with Crippen molar-refractivity contribution in [3.8, 4) is 0 Å². The molecule has 0 spiro atoms. The van der Waals surface area contributed by atoms with Gasteiger partial charge in [-0.2, -0.15) is 0 Å². The second-order valence-electron chi connectivity index (χ2n) is 4.26. The molecule has 0 saturated carbocycles. The number of benzene rings is 2. The summed E-state index contributed by atoms with van der Waals surface area (Å²) < 4.78 is 0. The Morgan fingerprint density at radius 1 is 1.06 bits per heavy atom. The SMILES string of the molecule is Cc1ccccc1N(C)c1ccc(CCl)cc1Cl. The van der Waals surface area contributed by atoms with Crippen LogP contribution in [0, 0.1) is 6.92 Å². The maximum Gasteiger partial charge on any atom is 0.0646 e. The van der Waals surface area contributed by atoms with Crippen LogP contribution in [0.25, 0.3) is 0 Å². The lowest BCUT2D eigenvalue weighted by atomic mass is 10.1. The van der Waals surface area contributed by atoms with E-state index in [9.17, 15) is 0 Å². The van der Waals surface area contributed by atoms with Crippen molar-refractivity contribution in [2.75, 3.05) is 11.9 Å². The van der Waals surface area contributed by atoms with E-state index in [1.54, 1.807) is 0 Å². The molecule has 1 nitrogen and oxygen atoms in total. The highest BCUT2D eigenvalue weighted by molar-refractivity contribution is 6.33. The van der Waals surface area contributed by atoms with Crippen LogP contribution in [-0.2, 0) is 5.88 Å². The zero-order chi connectivity index (χ0) is 13.1.